The fourth-order valence-electron chi connectivity index (χ4n) is 1.45. The molecule has 0 bridgehead atoms. The summed E-state index contributed by atoms with van der Waals surface area (Å²) >= 11 is 0. The van der Waals surface area contributed by atoms with Crippen LogP contribution in [0, 0.1) is 0 Å². The van der Waals surface area contributed by atoms with E-state index in [2.05, 4.69) is 5.10 Å². The summed E-state index contributed by atoms with van der Waals surface area (Å²) in [4.78, 5) is 22.0. The van der Waals surface area contributed by atoms with Gasteiger partial charge in [0.15, 0.2) is 5.78 Å². The van der Waals surface area contributed by atoms with E-state index in [1.165, 1.54) is 11.6 Å². The minimum atomic E-state index is -0.566. The van der Waals surface area contributed by atoms with Crippen molar-refractivity contribution in [3.8, 4) is 5.69 Å². The zero-order valence-electron chi connectivity index (χ0n) is 9.25. The monoisotopic (exact) mass is 229 g/mol. The average molecular weight is 229 g/mol. The Morgan fingerprint density at radius 1 is 1.18 bits per heavy atom. The minimum absolute atomic E-state index is 0.00911. The van der Waals surface area contributed by atoms with Crippen molar-refractivity contribution in [2.45, 2.75) is 6.92 Å². The van der Waals surface area contributed by atoms with Crippen molar-refractivity contribution in [1.29, 1.82) is 0 Å². The smallest absolute Gasteiger partial charge is 0.269 e. The molecule has 2 aromatic rings. The van der Waals surface area contributed by atoms with Gasteiger partial charge in [0.05, 0.1) is 5.69 Å². The second kappa shape index (κ2) is 4.21. The van der Waals surface area contributed by atoms with Crippen LogP contribution in [0.2, 0.25) is 0 Å². The number of nitrogens with zero attached hydrogens (tertiary/aromatic N) is 2. The summed E-state index contributed by atoms with van der Waals surface area (Å²) in [5.74, 6) is -0.557. The highest BCUT2D eigenvalue weighted by molar-refractivity contribution is 5.94. The molecule has 0 fully saturated rings. The van der Waals surface area contributed by atoms with Gasteiger partial charge in [-0.25, -0.2) is 4.68 Å². The molecule has 0 aliphatic rings. The van der Waals surface area contributed by atoms with E-state index < -0.39 is 5.91 Å². The number of primary amides is 1. The second-order valence-electron chi connectivity index (χ2n) is 3.61. The van der Waals surface area contributed by atoms with Crippen LogP contribution in [-0.2, 0) is 0 Å². The van der Waals surface area contributed by atoms with Crippen LogP contribution < -0.4 is 5.73 Å². The number of hydrogen-bond donors (Lipinski definition) is 1. The van der Waals surface area contributed by atoms with Crippen molar-refractivity contribution < 1.29 is 9.59 Å². The van der Waals surface area contributed by atoms with E-state index in [4.69, 9.17) is 5.73 Å². The van der Waals surface area contributed by atoms with Crippen molar-refractivity contribution in [3.05, 3.63) is 47.8 Å². The Hall–Kier alpha value is -2.43. The number of rotatable bonds is 3. The number of aromatic nitrogens is 2. The van der Waals surface area contributed by atoms with E-state index in [-0.39, 0.29) is 11.5 Å². The number of carbonyl (C=O) groups excluding carboxylic acids is 2. The molecule has 0 radical (unpaired) electrons. The van der Waals surface area contributed by atoms with Gasteiger partial charge >= 0.3 is 0 Å². The second-order valence-corrected chi connectivity index (χ2v) is 3.61. The van der Waals surface area contributed by atoms with Gasteiger partial charge in [-0.05, 0) is 37.3 Å². The van der Waals surface area contributed by atoms with E-state index in [1.807, 2.05) is 0 Å². The van der Waals surface area contributed by atoms with Crippen molar-refractivity contribution in [2.75, 3.05) is 0 Å². The van der Waals surface area contributed by atoms with Crippen LogP contribution in [0.15, 0.2) is 36.5 Å². The fraction of sp³-hybridized carbons (Fsp3) is 0.0833. The first-order valence-corrected chi connectivity index (χ1v) is 5.05. The molecule has 17 heavy (non-hydrogen) atoms. The summed E-state index contributed by atoms with van der Waals surface area (Å²) < 4.78 is 1.53. The molecule has 0 saturated carbocycles. The first kappa shape index (κ1) is 11.1. The maximum absolute atomic E-state index is 11.1. The van der Waals surface area contributed by atoms with Crippen LogP contribution >= 0.6 is 0 Å². The van der Waals surface area contributed by atoms with Gasteiger partial charge < -0.3 is 5.73 Å². The Bertz CT molecular complexity index is 570. The molecule has 2 N–H and O–H groups in total. The summed E-state index contributed by atoms with van der Waals surface area (Å²) in [6.07, 6.45) is 1.64. The van der Waals surface area contributed by atoms with Crippen LogP contribution in [-0.4, -0.2) is 21.5 Å². The molecule has 1 amide bonds. The number of carbonyl (C=O) groups is 2. The van der Waals surface area contributed by atoms with Gasteiger partial charge in [-0.1, -0.05) is 0 Å². The number of amides is 1. The number of Topliss-reactive ketones (excluding diaryl/α,β-unsaturated/α-hetero) is 1. The molecule has 5 nitrogen and oxygen atoms in total. The van der Waals surface area contributed by atoms with Crippen LogP contribution in [0.3, 0.4) is 0 Å². The quantitative estimate of drug-likeness (QED) is 0.802. The van der Waals surface area contributed by atoms with E-state index in [9.17, 15) is 9.59 Å². The maximum atomic E-state index is 11.1. The van der Waals surface area contributed by atoms with Gasteiger partial charge in [0.1, 0.15) is 5.69 Å². The van der Waals surface area contributed by atoms with E-state index >= 15 is 0 Å². The zero-order valence-corrected chi connectivity index (χ0v) is 9.25. The van der Waals surface area contributed by atoms with Gasteiger partial charge in [-0.2, -0.15) is 5.10 Å². The third kappa shape index (κ3) is 2.23. The highest BCUT2D eigenvalue weighted by Gasteiger charge is 2.06. The van der Waals surface area contributed by atoms with Crippen molar-refractivity contribution in [3.63, 3.8) is 0 Å². The third-order valence-corrected chi connectivity index (χ3v) is 2.38. The van der Waals surface area contributed by atoms with E-state index in [0.717, 1.165) is 5.69 Å². The Labute approximate surface area is 97.9 Å². The summed E-state index contributed by atoms with van der Waals surface area (Å²) in [5, 5.41) is 4.01. The van der Waals surface area contributed by atoms with Crippen LogP contribution in [0.1, 0.15) is 27.8 Å². The Kier molecular flexibility index (Phi) is 2.74. The van der Waals surface area contributed by atoms with Gasteiger partial charge in [0.25, 0.3) is 5.91 Å². The number of nitrogens with two attached hydrogens (primary N) is 1. The Morgan fingerprint density at radius 3 is 2.29 bits per heavy atom. The Balaban J connectivity index is 2.33. The Morgan fingerprint density at radius 2 is 1.82 bits per heavy atom. The maximum Gasteiger partial charge on any atom is 0.269 e. The van der Waals surface area contributed by atoms with Crippen molar-refractivity contribution in [2.24, 2.45) is 5.73 Å². The molecule has 0 atom stereocenters. The largest absolute Gasteiger partial charge is 0.364 e. The SMILES string of the molecule is CC(=O)c1ccc(-n2ccc(C(N)=O)n2)cc1. The highest BCUT2D eigenvalue weighted by Crippen LogP contribution is 2.10. The van der Waals surface area contributed by atoms with E-state index in [1.54, 1.807) is 36.5 Å². The summed E-state index contributed by atoms with van der Waals surface area (Å²) in [6.45, 7) is 1.51. The van der Waals surface area contributed by atoms with Crippen LogP contribution in [0.5, 0.6) is 0 Å². The third-order valence-electron chi connectivity index (χ3n) is 2.38. The minimum Gasteiger partial charge on any atom is -0.364 e. The first-order chi connectivity index (χ1) is 8.08. The molecule has 0 spiro atoms. The van der Waals surface area contributed by atoms with Gasteiger partial charge in [0.2, 0.25) is 0 Å². The molecule has 1 aromatic heterocycles. The molecule has 1 heterocycles. The summed E-state index contributed by atoms with van der Waals surface area (Å²) in [5.41, 5.74) is 6.72. The van der Waals surface area contributed by atoms with E-state index in [0.29, 0.717) is 5.56 Å². The summed E-state index contributed by atoms with van der Waals surface area (Å²) in [6, 6.07) is 8.48. The number of hydrogen-bond acceptors (Lipinski definition) is 3. The highest BCUT2D eigenvalue weighted by atomic mass is 16.1. The molecule has 5 heteroatoms. The van der Waals surface area contributed by atoms with Gasteiger partial charge in [-0.15, -0.1) is 0 Å². The predicted octanol–water partition coefficient (Wildman–Crippen LogP) is 1.17. The standard InChI is InChI=1S/C12H11N3O2/c1-8(16)9-2-4-10(5-3-9)15-7-6-11(14-15)12(13)17/h2-7H,1H3,(H2,13,17). The molecule has 86 valence electrons. The molecular weight excluding hydrogens is 218 g/mol. The normalized spacial score (nSPS) is 10.2. The number of benzene rings is 1. The molecular formula is C12H11N3O2. The van der Waals surface area contributed by atoms with Gasteiger partial charge in [-0.3, -0.25) is 9.59 Å². The van der Waals surface area contributed by atoms with Crippen LogP contribution in [0.4, 0.5) is 0 Å². The predicted molar refractivity (Wildman–Crippen MR) is 62.1 cm³/mol. The lowest BCUT2D eigenvalue weighted by atomic mass is 10.1. The molecule has 0 unspecified atom stereocenters. The number of ketones is 1. The lowest BCUT2D eigenvalue weighted by Crippen LogP contribution is -2.12. The topological polar surface area (TPSA) is 78.0 Å². The van der Waals surface area contributed by atoms with Gasteiger partial charge in [0, 0.05) is 11.8 Å². The zero-order chi connectivity index (χ0) is 12.4. The first-order valence-electron chi connectivity index (χ1n) is 5.05. The molecule has 0 aliphatic heterocycles. The lowest BCUT2D eigenvalue weighted by Gasteiger charge is -2.01. The molecule has 1 aromatic carbocycles. The van der Waals surface area contributed by atoms with Crippen LogP contribution in [0.25, 0.3) is 5.69 Å². The fourth-order valence-corrected chi connectivity index (χ4v) is 1.45. The molecule has 2 rings (SSSR count). The summed E-state index contributed by atoms with van der Waals surface area (Å²) in [7, 11) is 0. The van der Waals surface area contributed by atoms with Crippen molar-refractivity contribution >= 4 is 11.7 Å². The van der Waals surface area contributed by atoms with Crippen molar-refractivity contribution in [1.82, 2.24) is 9.78 Å². The molecule has 0 aliphatic carbocycles. The lowest BCUT2D eigenvalue weighted by molar-refractivity contribution is 0.0992. The molecule has 0 saturated heterocycles. The average Bonchev–Trinajstić information content (AvgIpc) is 2.78.